The zero-order valence-electron chi connectivity index (χ0n) is 18.8. The number of hydrogen-bond donors (Lipinski definition) is 1. The molecule has 168 valence electrons. The second-order valence-electron chi connectivity index (χ2n) is 7.37. The van der Waals surface area contributed by atoms with Crippen molar-refractivity contribution >= 4 is 22.4 Å². The number of nitrogens with zero attached hydrogens (tertiary/aromatic N) is 1. The minimum Gasteiger partial charge on any atom is -0.493 e. The first-order valence-corrected chi connectivity index (χ1v) is 10.3. The number of methoxy groups -OCH3 is 3. The molecule has 0 atom stereocenters. The second kappa shape index (κ2) is 9.48. The number of nitrogens with one attached hydrogen (secondary N) is 1. The Labute approximate surface area is 191 Å². The highest BCUT2D eigenvalue weighted by molar-refractivity contribution is 6.07. The number of ketones is 1. The number of carbonyl (C=O) groups excluding carboxylic acids is 1. The second-order valence-corrected chi connectivity index (χ2v) is 7.37. The number of anilines is 1. The van der Waals surface area contributed by atoms with Gasteiger partial charge in [0, 0.05) is 41.2 Å². The van der Waals surface area contributed by atoms with E-state index in [2.05, 4.69) is 10.5 Å². The van der Waals surface area contributed by atoms with Crippen LogP contribution in [0.15, 0.2) is 71.4 Å². The van der Waals surface area contributed by atoms with Gasteiger partial charge in [-0.15, -0.1) is 0 Å². The van der Waals surface area contributed by atoms with Gasteiger partial charge >= 0.3 is 0 Å². The zero-order valence-corrected chi connectivity index (χ0v) is 18.8. The molecular weight excluding hydrogens is 420 g/mol. The van der Waals surface area contributed by atoms with E-state index in [1.54, 1.807) is 57.9 Å². The predicted octanol–water partition coefficient (Wildman–Crippen LogP) is 5.64. The first-order chi connectivity index (χ1) is 16.0. The van der Waals surface area contributed by atoms with Crippen molar-refractivity contribution in [1.29, 1.82) is 0 Å². The van der Waals surface area contributed by atoms with Gasteiger partial charge in [-0.1, -0.05) is 35.0 Å². The maximum atomic E-state index is 12.8. The lowest BCUT2D eigenvalue weighted by Crippen LogP contribution is -1.99. The molecule has 4 rings (SSSR count). The fraction of sp³-hybridized carbons (Fsp3) is 0.154. The predicted molar refractivity (Wildman–Crippen MR) is 127 cm³/mol. The molecule has 3 aromatic carbocycles. The van der Waals surface area contributed by atoms with Gasteiger partial charge in [0.25, 0.3) is 0 Å². The third-order valence-corrected chi connectivity index (χ3v) is 5.22. The minimum atomic E-state index is -0.159. The lowest BCUT2D eigenvalue weighted by atomic mass is 10.0. The molecule has 1 aromatic heterocycles. The highest BCUT2D eigenvalue weighted by atomic mass is 16.5. The van der Waals surface area contributed by atoms with E-state index >= 15 is 0 Å². The number of benzene rings is 3. The highest BCUT2D eigenvalue weighted by Gasteiger charge is 2.14. The molecule has 1 N–H and O–H groups in total. The first kappa shape index (κ1) is 22.0. The highest BCUT2D eigenvalue weighted by Crippen LogP contribution is 2.40. The summed E-state index contributed by atoms with van der Waals surface area (Å²) in [6, 6.07) is 16.8. The standard InChI is InChI=1S/C26H24N2O5/c1-16-5-7-17(8-6-16)25-20-13-18(9-10-21(20)28-33-25)22(29)11-12-27-19-14-23(30-2)26(32-4)24(15-19)31-3/h5-15,27H,1-4H3/b12-11+. The maximum Gasteiger partial charge on any atom is 0.203 e. The molecule has 0 saturated carbocycles. The molecule has 0 spiro atoms. The molecule has 0 aliphatic rings. The van der Waals surface area contributed by atoms with E-state index in [-0.39, 0.29) is 5.78 Å². The third-order valence-electron chi connectivity index (χ3n) is 5.22. The Morgan fingerprint density at radius 3 is 2.27 bits per heavy atom. The molecule has 0 saturated heterocycles. The van der Waals surface area contributed by atoms with Crippen LogP contribution in [0.5, 0.6) is 17.2 Å². The number of rotatable bonds is 8. The minimum absolute atomic E-state index is 0.159. The smallest absolute Gasteiger partial charge is 0.203 e. The third kappa shape index (κ3) is 4.52. The quantitative estimate of drug-likeness (QED) is 0.278. The van der Waals surface area contributed by atoms with Gasteiger partial charge in [0.2, 0.25) is 5.75 Å². The summed E-state index contributed by atoms with van der Waals surface area (Å²) < 4.78 is 21.6. The largest absolute Gasteiger partial charge is 0.493 e. The van der Waals surface area contributed by atoms with Crippen LogP contribution in [-0.4, -0.2) is 32.3 Å². The molecule has 7 heteroatoms. The van der Waals surface area contributed by atoms with Crippen LogP contribution < -0.4 is 19.5 Å². The molecule has 0 bridgehead atoms. The molecule has 1 heterocycles. The summed E-state index contributed by atoms with van der Waals surface area (Å²) in [6.45, 7) is 2.03. The molecule has 0 aliphatic heterocycles. The van der Waals surface area contributed by atoms with Crippen molar-refractivity contribution in [2.45, 2.75) is 6.92 Å². The van der Waals surface area contributed by atoms with E-state index in [1.165, 1.54) is 6.08 Å². The molecule has 0 aliphatic carbocycles. The number of carbonyl (C=O) groups is 1. The fourth-order valence-corrected chi connectivity index (χ4v) is 3.48. The summed E-state index contributed by atoms with van der Waals surface area (Å²) in [5, 5.41) is 7.98. The Morgan fingerprint density at radius 2 is 1.64 bits per heavy atom. The fourth-order valence-electron chi connectivity index (χ4n) is 3.48. The summed E-state index contributed by atoms with van der Waals surface area (Å²) in [6.07, 6.45) is 3.03. The Morgan fingerprint density at radius 1 is 0.939 bits per heavy atom. The normalized spacial score (nSPS) is 11.0. The number of ether oxygens (including phenoxy) is 3. The number of aryl methyl sites for hydroxylation is 1. The van der Waals surface area contributed by atoms with Crippen LogP contribution in [0.2, 0.25) is 0 Å². The van der Waals surface area contributed by atoms with Crippen molar-refractivity contribution in [3.8, 4) is 28.6 Å². The summed E-state index contributed by atoms with van der Waals surface area (Å²) in [5.74, 6) is 2.00. The number of hydrogen-bond acceptors (Lipinski definition) is 7. The average molecular weight is 444 g/mol. The Balaban J connectivity index is 1.56. The van der Waals surface area contributed by atoms with E-state index in [9.17, 15) is 4.79 Å². The molecule has 0 radical (unpaired) electrons. The number of allylic oxidation sites excluding steroid dienone is 1. The lowest BCUT2D eigenvalue weighted by molar-refractivity contribution is 0.104. The van der Waals surface area contributed by atoms with Crippen molar-refractivity contribution < 1.29 is 23.5 Å². The van der Waals surface area contributed by atoms with Crippen molar-refractivity contribution in [3.63, 3.8) is 0 Å². The average Bonchev–Trinajstić information content (AvgIpc) is 3.27. The van der Waals surface area contributed by atoms with Gasteiger partial charge < -0.3 is 24.1 Å². The van der Waals surface area contributed by atoms with E-state index < -0.39 is 0 Å². The Bertz CT molecular complexity index is 1300. The Hall–Kier alpha value is -4.26. The van der Waals surface area contributed by atoms with Crippen LogP contribution in [0.1, 0.15) is 15.9 Å². The van der Waals surface area contributed by atoms with Crippen molar-refractivity contribution in [2.24, 2.45) is 0 Å². The van der Waals surface area contributed by atoms with Crippen molar-refractivity contribution in [1.82, 2.24) is 5.16 Å². The van der Waals surface area contributed by atoms with Gasteiger partial charge in [-0.25, -0.2) is 0 Å². The van der Waals surface area contributed by atoms with Crippen LogP contribution in [0.3, 0.4) is 0 Å². The van der Waals surface area contributed by atoms with E-state index in [1.807, 2.05) is 31.2 Å². The molecule has 0 fully saturated rings. The van der Waals surface area contributed by atoms with Crippen LogP contribution in [0, 0.1) is 6.92 Å². The molecule has 33 heavy (non-hydrogen) atoms. The summed E-state index contributed by atoms with van der Waals surface area (Å²) >= 11 is 0. The molecular formula is C26H24N2O5. The maximum absolute atomic E-state index is 12.8. The Kier molecular flexibility index (Phi) is 6.31. The summed E-state index contributed by atoms with van der Waals surface area (Å²) in [7, 11) is 4.64. The van der Waals surface area contributed by atoms with Crippen LogP contribution in [0.25, 0.3) is 22.2 Å². The van der Waals surface area contributed by atoms with Gasteiger partial charge in [-0.05, 0) is 25.1 Å². The van der Waals surface area contributed by atoms with Gasteiger partial charge in [0.05, 0.1) is 26.7 Å². The van der Waals surface area contributed by atoms with E-state index in [0.717, 1.165) is 16.5 Å². The first-order valence-electron chi connectivity index (χ1n) is 10.3. The van der Waals surface area contributed by atoms with Crippen LogP contribution in [-0.2, 0) is 0 Å². The zero-order chi connectivity index (χ0) is 23.4. The molecule has 4 aromatic rings. The van der Waals surface area contributed by atoms with Crippen LogP contribution >= 0.6 is 0 Å². The van der Waals surface area contributed by atoms with Gasteiger partial charge in [-0.2, -0.15) is 0 Å². The van der Waals surface area contributed by atoms with Gasteiger partial charge in [0.15, 0.2) is 23.0 Å². The monoisotopic (exact) mass is 444 g/mol. The van der Waals surface area contributed by atoms with E-state index in [0.29, 0.717) is 39.8 Å². The summed E-state index contributed by atoms with van der Waals surface area (Å²) in [4.78, 5) is 12.8. The van der Waals surface area contributed by atoms with Crippen molar-refractivity contribution in [3.05, 3.63) is 78.0 Å². The number of fused-ring (bicyclic) bond motifs is 1. The molecule has 7 nitrogen and oxygen atoms in total. The van der Waals surface area contributed by atoms with E-state index in [4.69, 9.17) is 18.7 Å². The lowest BCUT2D eigenvalue weighted by Gasteiger charge is -2.13. The topological polar surface area (TPSA) is 82.8 Å². The SMILES string of the molecule is COc1cc(N/C=C/C(=O)c2ccc3noc(-c4ccc(C)cc4)c3c2)cc(OC)c1OC. The van der Waals surface area contributed by atoms with Gasteiger partial charge in [-0.3, -0.25) is 4.79 Å². The van der Waals surface area contributed by atoms with Crippen molar-refractivity contribution in [2.75, 3.05) is 26.6 Å². The number of aromatic nitrogens is 1. The molecule has 0 amide bonds. The van der Waals surface area contributed by atoms with Crippen LogP contribution in [0.4, 0.5) is 5.69 Å². The van der Waals surface area contributed by atoms with Gasteiger partial charge in [0.1, 0.15) is 5.52 Å². The molecule has 0 unspecified atom stereocenters. The summed E-state index contributed by atoms with van der Waals surface area (Å²) in [5.41, 5.74) is 3.98.